The number of amides is 1. The summed E-state index contributed by atoms with van der Waals surface area (Å²) in [7, 11) is -3.83. The van der Waals surface area contributed by atoms with Gasteiger partial charge in [0.2, 0.25) is 15.9 Å². The lowest BCUT2D eigenvalue weighted by atomic mass is 9.94. The molecular formula is C25H28N4O5S. The van der Waals surface area contributed by atoms with Gasteiger partial charge in [-0.15, -0.1) is 0 Å². The molecule has 184 valence electrons. The van der Waals surface area contributed by atoms with E-state index in [0.717, 1.165) is 18.4 Å². The van der Waals surface area contributed by atoms with Gasteiger partial charge in [-0.05, 0) is 45.1 Å². The van der Waals surface area contributed by atoms with Crippen molar-refractivity contribution in [3.05, 3.63) is 58.4 Å². The molecule has 0 spiro atoms. The largest absolute Gasteiger partial charge is 0.459 e. The zero-order chi connectivity index (χ0) is 25.2. The van der Waals surface area contributed by atoms with Gasteiger partial charge in [0.25, 0.3) is 0 Å². The first kappa shape index (κ1) is 24.7. The maximum atomic E-state index is 12.8. The Balaban J connectivity index is 1.43. The lowest BCUT2D eigenvalue weighted by Crippen LogP contribution is -2.43. The number of rotatable bonds is 7. The van der Waals surface area contributed by atoms with E-state index < -0.39 is 27.8 Å². The molecule has 2 aromatic rings. The summed E-state index contributed by atoms with van der Waals surface area (Å²) in [5.74, 6) is -1.79. The van der Waals surface area contributed by atoms with Gasteiger partial charge in [0.05, 0.1) is 22.7 Å². The van der Waals surface area contributed by atoms with Crippen LogP contribution in [0.4, 0.5) is 5.69 Å². The van der Waals surface area contributed by atoms with Gasteiger partial charge in [-0.2, -0.15) is 5.26 Å². The zero-order valence-corrected chi connectivity index (χ0v) is 20.6. The molecular weight excluding hydrogens is 468 g/mol. The number of piperidine rings is 1. The second kappa shape index (κ2) is 10.0. The predicted molar refractivity (Wildman–Crippen MR) is 129 cm³/mol. The Bertz CT molecular complexity index is 1270. The number of hydrogen-bond acceptors (Lipinski definition) is 8. The van der Waals surface area contributed by atoms with Crippen LogP contribution >= 0.6 is 0 Å². The average molecular weight is 497 g/mol. The lowest BCUT2D eigenvalue weighted by Gasteiger charge is -2.34. The second-order valence-electron chi connectivity index (χ2n) is 9.17. The minimum atomic E-state index is -3.83. The number of aromatic nitrogens is 1. The van der Waals surface area contributed by atoms with E-state index in [-0.39, 0.29) is 23.0 Å². The Morgan fingerprint density at radius 2 is 1.80 bits per heavy atom. The van der Waals surface area contributed by atoms with Gasteiger partial charge in [0.15, 0.2) is 0 Å². The van der Waals surface area contributed by atoms with Gasteiger partial charge in [-0.1, -0.05) is 29.8 Å². The summed E-state index contributed by atoms with van der Waals surface area (Å²) >= 11 is 0. The third-order valence-corrected chi connectivity index (χ3v) is 7.50. The number of carbonyl (C=O) groups excluding carboxylic acids is 2. The van der Waals surface area contributed by atoms with Gasteiger partial charge in [-0.3, -0.25) is 14.5 Å². The molecule has 4 rings (SSSR count). The number of benzene rings is 1. The minimum Gasteiger partial charge on any atom is -0.459 e. The summed E-state index contributed by atoms with van der Waals surface area (Å²) in [6, 6.07) is 9.22. The van der Waals surface area contributed by atoms with Crippen molar-refractivity contribution in [2.24, 2.45) is 5.92 Å². The van der Waals surface area contributed by atoms with E-state index in [1.54, 1.807) is 19.1 Å². The van der Waals surface area contributed by atoms with Crippen molar-refractivity contribution >= 4 is 27.6 Å². The van der Waals surface area contributed by atoms with Gasteiger partial charge in [-0.25, -0.2) is 13.2 Å². The third-order valence-electron chi connectivity index (χ3n) is 6.28. The molecule has 0 unspecified atom stereocenters. The molecule has 1 saturated carbocycles. The fourth-order valence-electron chi connectivity index (χ4n) is 4.19. The summed E-state index contributed by atoms with van der Waals surface area (Å²) in [6.45, 7) is 4.39. The summed E-state index contributed by atoms with van der Waals surface area (Å²) < 4.78 is 32.7. The smallest absolute Gasteiger partial charge is 0.342 e. The van der Waals surface area contributed by atoms with Gasteiger partial charge < -0.3 is 9.64 Å². The van der Waals surface area contributed by atoms with Crippen LogP contribution in [0.15, 0.2) is 30.5 Å². The van der Waals surface area contributed by atoms with Crippen molar-refractivity contribution in [1.82, 2.24) is 9.71 Å². The SMILES string of the molecule is Cc1ccc(CS(=O)(=O)NC(=O)C2CCN(c3c(C#N)cnc(C)c3C(=O)OC3CC3)CC2)cc1. The van der Waals surface area contributed by atoms with Crippen LogP contribution in [-0.4, -0.2) is 44.5 Å². The van der Waals surface area contributed by atoms with E-state index in [0.29, 0.717) is 42.9 Å². The number of nitrogens with zero attached hydrogens (tertiary/aromatic N) is 3. The number of anilines is 1. The standard InChI is InChI=1S/C25H28N4O5S/c1-16-3-5-18(6-4-16)15-35(32,33)28-24(30)19-9-11-29(12-10-19)23-20(13-26)14-27-17(2)22(23)25(31)34-21-7-8-21/h3-6,14,19,21H,7-12,15H2,1-2H3,(H,28,30). The van der Waals surface area contributed by atoms with Crippen molar-refractivity contribution < 1.29 is 22.7 Å². The first-order valence-corrected chi connectivity index (χ1v) is 13.3. The fourth-order valence-corrected chi connectivity index (χ4v) is 5.36. The Kier molecular flexibility index (Phi) is 7.08. The number of nitrogens with one attached hydrogen (secondary N) is 1. The van der Waals surface area contributed by atoms with Crippen molar-refractivity contribution in [2.75, 3.05) is 18.0 Å². The van der Waals surface area contributed by atoms with Crippen LogP contribution in [0.5, 0.6) is 0 Å². The quantitative estimate of drug-likeness (QED) is 0.579. The molecule has 0 bridgehead atoms. The molecule has 1 N–H and O–H groups in total. The highest BCUT2D eigenvalue weighted by atomic mass is 32.2. The van der Waals surface area contributed by atoms with Gasteiger partial charge in [0, 0.05) is 25.2 Å². The van der Waals surface area contributed by atoms with E-state index in [2.05, 4.69) is 15.8 Å². The average Bonchev–Trinajstić information content (AvgIpc) is 3.64. The van der Waals surface area contributed by atoms with E-state index in [1.165, 1.54) is 6.20 Å². The maximum Gasteiger partial charge on any atom is 0.342 e. The van der Waals surface area contributed by atoms with Crippen molar-refractivity contribution in [3.63, 3.8) is 0 Å². The molecule has 10 heteroatoms. The molecule has 0 radical (unpaired) electrons. The number of pyridine rings is 1. The summed E-state index contributed by atoms with van der Waals surface area (Å²) in [5.41, 5.74) is 3.12. The molecule has 1 saturated heterocycles. The number of ether oxygens (including phenoxy) is 1. The van der Waals surface area contributed by atoms with Crippen molar-refractivity contribution in [3.8, 4) is 6.07 Å². The van der Waals surface area contributed by atoms with Gasteiger partial charge >= 0.3 is 5.97 Å². The minimum absolute atomic E-state index is 0.0863. The topological polar surface area (TPSA) is 129 Å². The normalized spacial score (nSPS) is 16.4. The molecule has 2 fully saturated rings. The molecule has 35 heavy (non-hydrogen) atoms. The Labute approximate surface area is 205 Å². The van der Waals surface area contributed by atoms with E-state index >= 15 is 0 Å². The van der Waals surface area contributed by atoms with Crippen molar-refractivity contribution in [2.45, 2.75) is 51.4 Å². The third kappa shape index (κ3) is 5.98. The Morgan fingerprint density at radius 1 is 1.14 bits per heavy atom. The van der Waals surface area contributed by atoms with Gasteiger partial charge in [0.1, 0.15) is 17.7 Å². The summed E-state index contributed by atoms with van der Waals surface area (Å²) in [5, 5.41) is 9.64. The molecule has 1 amide bonds. The molecule has 1 aromatic carbocycles. The maximum absolute atomic E-state index is 12.8. The van der Waals surface area contributed by atoms with E-state index in [9.17, 15) is 23.3 Å². The molecule has 1 aromatic heterocycles. The zero-order valence-electron chi connectivity index (χ0n) is 19.8. The van der Waals surface area contributed by atoms with Crippen molar-refractivity contribution in [1.29, 1.82) is 5.26 Å². The summed E-state index contributed by atoms with van der Waals surface area (Å²) in [6.07, 6.45) is 3.79. The molecule has 2 aliphatic rings. The highest BCUT2D eigenvalue weighted by molar-refractivity contribution is 7.89. The monoisotopic (exact) mass is 496 g/mol. The van der Waals surface area contributed by atoms with Crippen LogP contribution in [0.2, 0.25) is 0 Å². The highest BCUT2D eigenvalue weighted by Gasteiger charge is 2.34. The molecule has 0 atom stereocenters. The molecule has 9 nitrogen and oxygen atoms in total. The number of sulfonamides is 1. The van der Waals surface area contributed by atoms with E-state index in [1.807, 2.05) is 24.0 Å². The van der Waals surface area contributed by atoms with Crippen LogP contribution in [0.3, 0.4) is 0 Å². The van der Waals surface area contributed by atoms with E-state index in [4.69, 9.17) is 4.74 Å². The number of esters is 1. The first-order chi connectivity index (χ1) is 16.7. The predicted octanol–water partition coefficient (Wildman–Crippen LogP) is 2.75. The number of carbonyl (C=O) groups is 2. The summed E-state index contributed by atoms with van der Waals surface area (Å²) in [4.78, 5) is 31.6. The number of hydrogen-bond donors (Lipinski definition) is 1. The highest BCUT2D eigenvalue weighted by Crippen LogP contribution is 2.33. The number of aryl methyl sites for hydroxylation is 2. The fraction of sp³-hybridized carbons (Fsp3) is 0.440. The Hall–Kier alpha value is -3.45. The van der Waals surface area contributed by atoms with Crippen LogP contribution in [-0.2, 0) is 25.3 Å². The Morgan fingerprint density at radius 3 is 2.40 bits per heavy atom. The molecule has 1 aliphatic carbocycles. The first-order valence-electron chi connectivity index (χ1n) is 11.6. The van der Waals surface area contributed by atoms with Crippen LogP contribution < -0.4 is 9.62 Å². The second-order valence-corrected chi connectivity index (χ2v) is 10.9. The lowest BCUT2D eigenvalue weighted by molar-refractivity contribution is -0.123. The van der Waals surface area contributed by atoms with Crippen LogP contribution in [0.1, 0.15) is 58.4 Å². The number of nitriles is 1. The van der Waals surface area contributed by atoms with Crippen LogP contribution in [0.25, 0.3) is 0 Å². The van der Waals surface area contributed by atoms with Crippen LogP contribution in [0, 0.1) is 31.1 Å². The molecule has 2 heterocycles. The molecule has 1 aliphatic heterocycles.